The normalized spacial score (nSPS) is 12.1. The number of hydrogen-bond donors (Lipinski definition) is 2. The van der Waals surface area contributed by atoms with Gasteiger partial charge in [0.2, 0.25) is 5.91 Å². The van der Waals surface area contributed by atoms with Gasteiger partial charge in [0.1, 0.15) is 0 Å². The summed E-state index contributed by atoms with van der Waals surface area (Å²) in [6.45, 7) is 5.08. The molecule has 3 nitrogen and oxygen atoms in total. The average molecular weight is 234 g/mol. The number of nitrogen functional groups attached to an aromatic ring is 1. The van der Waals surface area contributed by atoms with Crippen molar-refractivity contribution in [2.75, 3.05) is 12.3 Å². The number of carbonyl (C=O) groups excluding carboxylic acids is 1. The van der Waals surface area contributed by atoms with E-state index in [1.54, 1.807) is 0 Å². The molecule has 0 spiro atoms. The molecule has 0 aliphatic rings. The van der Waals surface area contributed by atoms with Crippen LogP contribution in [0.25, 0.3) is 0 Å². The van der Waals surface area contributed by atoms with Crippen molar-refractivity contribution in [3.8, 4) is 0 Å². The van der Waals surface area contributed by atoms with Gasteiger partial charge in [0.15, 0.2) is 0 Å². The molecule has 0 bridgehead atoms. The molecule has 1 amide bonds. The van der Waals surface area contributed by atoms with Gasteiger partial charge in [-0.3, -0.25) is 4.79 Å². The summed E-state index contributed by atoms with van der Waals surface area (Å²) in [5.41, 5.74) is 7.32. The number of rotatable bonds is 6. The number of benzene rings is 1. The van der Waals surface area contributed by atoms with Crippen molar-refractivity contribution < 1.29 is 4.79 Å². The first-order chi connectivity index (χ1) is 8.11. The largest absolute Gasteiger partial charge is 0.399 e. The Kier molecular flexibility index (Phi) is 5.53. The van der Waals surface area contributed by atoms with Crippen LogP contribution in [0.1, 0.15) is 32.3 Å². The van der Waals surface area contributed by atoms with E-state index in [1.165, 1.54) is 0 Å². The molecule has 1 aromatic carbocycles. The van der Waals surface area contributed by atoms with Crippen LogP contribution < -0.4 is 11.1 Å². The number of amides is 1. The van der Waals surface area contributed by atoms with Gasteiger partial charge in [-0.05, 0) is 30.0 Å². The highest BCUT2D eigenvalue weighted by atomic mass is 16.1. The molecular formula is C14H22N2O. The summed E-state index contributed by atoms with van der Waals surface area (Å²) in [7, 11) is 0. The SMILES string of the molecule is CCC[C@H](C)CNC(=O)Cc1ccc(N)cc1. The van der Waals surface area contributed by atoms with Crippen molar-refractivity contribution in [2.45, 2.75) is 33.1 Å². The van der Waals surface area contributed by atoms with E-state index in [-0.39, 0.29) is 5.91 Å². The van der Waals surface area contributed by atoms with Gasteiger partial charge < -0.3 is 11.1 Å². The van der Waals surface area contributed by atoms with Gasteiger partial charge >= 0.3 is 0 Å². The molecule has 0 heterocycles. The Morgan fingerprint density at radius 2 is 2.00 bits per heavy atom. The van der Waals surface area contributed by atoms with Crippen LogP contribution >= 0.6 is 0 Å². The Morgan fingerprint density at radius 1 is 1.35 bits per heavy atom. The summed E-state index contributed by atoms with van der Waals surface area (Å²) < 4.78 is 0. The van der Waals surface area contributed by atoms with Gasteiger partial charge in [-0.1, -0.05) is 32.4 Å². The highest BCUT2D eigenvalue weighted by Crippen LogP contribution is 2.06. The summed E-state index contributed by atoms with van der Waals surface area (Å²) in [4.78, 5) is 11.7. The van der Waals surface area contributed by atoms with Gasteiger partial charge in [-0.25, -0.2) is 0 Å². The maximum absolute atomic E-state index is 11.7. The second-order valence-electron chi connectivity index (χ2n) is 4.62. The lowest BCUT2D eigenvalue weighted by atomic mass is 10.1. The molecule has 3 heteroatoms. The maximum atomic E-state index is 11.7. The third kappa shape index (κ3) is 5.38. The van der Waals surface area contributed by atoms with Crippen LogP contribution in [-0.2, 0) is 11.2 Å². The van der Waals surface area contributed by atoms with Gasteiger partial charge in [0, 0.05) is 12.2 Å². The number of anilines is 1. The molecule has 17 heavy (non-hydrogen) atoms. The van der Waals surface area contributed by atoms with Crippen LogP contribution in [0, 0.1) is 5.92 Å². The fourth-order valence-electron chi connectivity index (χ4n) is 1.77. The van der Waals surface area contributed by atoms with Crippen LogP contribution in [0.5, 0.6) is 0 Å². The quantitative estimate of drug-likeness (QED) is 0.742. The van der Waals surface area contributed by atoms with Gasteiger partial charge in [-0.15, -0.1) is 0 Å². The molecule has 0 saturated carbocycles. The third-order valence-electron chi connectivity index (χ3n) is 2.77. The van der Waals surface area contributed by atoms with E-state index in [2.05, 4.69) is 19.2 Å². The van der Waals surface area contributed by atoms with E-state index < -0.39 is 0 Å². The molecule has 94 valence electrons. The molecule has 1 atom stereocenters. The monoisotopic (exact) mass is 234 g/mol. The minimum atomic E-state index is 0.0812. The Labute approximate surface area is 103 Å². The smallest absolute Gasteiger partial charge is 0.224 e. The number of nitrogens with two attached hydrogens (primary N) is 1. The minimum absolute atomic E-state index is 0.0812. The molecule has 0 aliphatic heterocycles. The second kappa shape index (κ2) is 6.94. The molecule has 0 unspecified atom stereocenters. The molecule has 0 radical (unpaired) electrons. The van der Waals surface area contributed by atoms with Gasteiger partial charge in [-0.2, -0.15) is 0 Å². The van der Waals surface area contributed by atoms with E-state index in [4.69, 9.17) is 5.73 Å². The summed E-state index contributed by atoms with van der Waals surface area (Å²) in [5, 5.41) is 2.96. The lowest BCUT2D eigenvalue weighted by Gasteiger charge is -2.11. The van der Waals surface area contributed by atoms with Crippen molar-refractivity contribution >= 4 is 11.6 Å². The molecular weight excluding hydrogens is 212 g/mol. The molecule has 0 aromatic heterocycles. The van der Waals surface area contributed by atoms with E-state index in [9.17, 15) is 4.79 Å². The summed E-state index contributed by atoms with van der Waals surface area (Å²) >= 11 is 0. The predicted octanol–water partition coefficient (Wildman–Crippen LogP) is 2.36. The van der Waals surface area contributed by atoms with Crippen LogP contribution in [0.3, 0.4) is 0 Å². The Morgan fingerprint density at radius 3 is 2.59 bits per heavy atom. The van der Waals surface area contributed by atoms with Crippen LogP contribution in [-0.4, -0.2) is 12.5 Å². The first kappa shape index (κ1) is 13.6. The second-order valence-corrected chi connectivity index (χ2v) is 4.62. The highest BCUT2D eigenvalue weighted by molar-refractivity contribution is 5.78. The van der Waals surface area contributed by atoms with Crippen molar-refractivity contribution in [1.82, 2.24) is 5.32 Å². The predicted molar refractivity (Wildman–Crippen MR) is 71.6 cm³/mol. The van der Waals surface area contributed by atoms with Crippen LogP contribution in [0.15, 0.2) is 24.3 Å². The first-order valence-corrected chi connectivity index (χ1v) is 6.23. The lowest BCUT2D eigenvalue weighted by molar-refractivity contribution is -0.120. The fourth-order valence-corrected chi connectivity index (χ4v) is 1.77. The molecule has 0 saturated heterocycles. The first-order valence-electron chi connectivity index (χ1n) is 6.23. The van der Waals surface area contributed by atoms with Crippen molar-refractivity contribution in [1.29, 1.82) is 0 Å². The Hall–Kier alpha value is -1.51. The maximum Gasteiger partial charge on any atom is 0.224 e. The van der Waals surface area contributed by atoms with Crippen molar-refractivity contribution in [2.24, 2.45) is 5.92 Å². The highest BCUT2D eigenvalue weighted by Gasteiger charge is 2.05. The number of nitrogens with one attached hydrogen (secondary N) is 1. The zero-order chi connectivity index (χ0) is 12.7. The minimum Gasteiger partial charge on any atom is -0.399 e. The molecule has 3 N–H and O–H groups in total. The Bertz CT molecular complexity index is 346. The standard InChI is InChI=1S/C14H22N2O/c1-3-4-11(2)10-16-14(17)9-12-5-7-13(15)8-6-12/h5-8,11H,3-4,9-10,15H2,1-2H3,(H,16,17)/t11-/m0/s1. The lowest BCUT2D eigenvalue weighted by Crippen LogP contribution is -2.29. The molecule has 1 rings (SSSR count). The topological polar surface area (TPSA) is 55.1 Å². The van der Waals surface area contributed by atoms with E-state index in [0.717, 1.165) is 30.6 Å². The van der Waals surface area contributed by atoms with Crippen molar-refractivity contribution in [3.05, 3.63) is 29.8 Å². The van der Waals surface area contributed by atoms with Crippen LogP contribution in [0.2, 0.25) is 0 Å². The van der Waals surface area contributed by atoms with E-state index in [1.807, 2.05) is 24.3 Å². The fraction of sp³-hybridized carbons (Fsp3) is 0.500. The zero-order valence-corrected chi connectivity index (χ0v) is 10.7. The zero-order valence-electron chi connectivity index (χ0n) is 10.7. The molecule has 1 aromatic rings. The molecule has 0 fully saturated rings. The van der Waals surface area contributed by atoms with Crippen molar-refractivity contribution in [3.63, 3.8) is 0 Å². The number of carbonyl (C=O) groups is 1. The Balaban J connectivity index is 2.32. The average Bonchev–Trinajstić information content (AvgIpc) is 2.30. The molecule has 0 aliphatic carbocycles. The third-order valence-corrected chi connectivity index (χ3v) is 2.77. The van der Waals surface area contributed by atoms with Gasteiger partial charge in [0.05, 0.1) is 6.42 Å². The van der Waals surface area contributed by atoms with Crippen LogP contribution in [0.4, 0.5) is 5.69 Å². The van der Waals surface area contributed by atoms with Gasteiger partial charge in [0.25, 0.3) is 0 Å². The van der Waals surface area contributed by atoms with E-state index in [0.29, 0.717) is 12.3 Å². The van der Waals surface area contributed by atoms with E-state index >= 15 is 0 Å². The number of hydrogen-bond acceptors (Lipinski definition) is 2. The summed E-state index contributed by atoms with van der Waals surface area (Å²) in [6, 6.07) is 7.43. The summed E-state index contributed by atoms with van der Waals surface area (Å²) in [6.07, 6.45) is 2.75. The summed E-state index contributed by atoms with van der Waals surface area (Å²) in [5.74, 6) is 0.632.